The molecule has 0 N–H and O–H groups in total. The predicted molar refractivity (Wildman–Crippen MR) is 29.7 cm³/mol. The molecule has 3 heteroatoms. The molecule has 0 saturated heterocycles. The van der Waals surface area contributed by atoms with Gasteiger partial charge in [0.2, 0.25) is 0 Å². The summed E-state index contributed by atoms with van der Waals surface area (Å²) in [6.07, 6.45) is 3.26. The van der Waals surface area contributed by atoms with Gasteiger partial charge in [0.15, 0.2) is 10.8 Å². The van der Waals surface area contributed by atoms with E-state index < -0.39 is 0 Å². The summed E-state index contributed by atoms with van der Waals surface area (Å²) in [5.41, 5.74) is 0.588. The van der Waals surface area contributed by atoms with Crippen molar-refractivity contribution in [3.05, 3.63) is 11.8 Å². The van der Waals surface area contributed by atoms with E-state index in [1.165, 1.54) is 5.01 Å². The second-order valence-corrected chi connectivity index (χ2v) is 1.45. The van der Waals surface area contributed by atoms with Crippen LogP contribution in [0.3, 0.4) is 0 Å². The molecule has 1 rings (SSSR count). The van der Waals surface area contributed by atoms with Gasteiger partial charge in [-0.2, -0.15) is 5.26 Å². The van der Waals surface area contributed by atoms with Crippen molar-refractivity contribution < 1.29 is 0 Å². The van der Waals surface area contributed by atoms with E-state index in [9.17, 15) is 0 Å². The maximum Gasteiger partial charge on any atom is 0.278 e. The van der Waals surface area contributed by atoms with E-state index in [4.69, 9.17) is 5.26 Å². The van der Waals surface area contributed by atoms with Crippen LogP contribution in [0.4, 0.5) is 0 Å². The van der Waals surface area contributed by atoms with Gasteiger partial charge in [0.05, 0.1) is 13.1 Å². The number of nitriles is 1. The average molecular weight is 107 g/mol. The lowest BCUT2D eigenvalue weighted by molar-refractivity contribution is 0.420. The van der Waals surface area contributed by atoms with Gasteiger partial charge < -0.3 is 0 Å². The quantitative estimate of drug-likeness (QED) is 0.425. The zero-order chi connectivity index (χ0) is 5.98. The minimum atomic E-state index is 0.588. The Bertz CT molecular complexity index is 184. The first-order chi connectivity index (χ1) is 3.84. The Labute approximate surface area is 47.5 Å². The Kier molecular flexibility index (Phi) is 1.01. The molecule has 1 heterocycles. The van der Waals surface area contributed by atoms with Gasteiger partial charge in [-0.25, -0.2) is 0 Å². The molecule has 8 heavy (non-hydrogen) atoms. The zero-order valence-electron chi connectivity index (χ0n) is 4.50. The standard InChI is InChI=1S/C5H5N3/c1-8-5(4-6)2-3-7-8/h2-3H,1H3/q+1. The highest BCUT2D eigenvalue weighted by Gasteiger charge is 2.15. The molecule has 0 amide bonds. The predicted octanol–water partition coefficient (Wildman–Crippen LogP) is -0.339. The second-order valence-electron chi connectivity index (χ2n) is 1.45. The Hall–Kier alpha value is -1.30. The molecule has 3 nitrogen and oxygen atoms in total. The molecule has 0 saturated carbocycles. The van der Waals surface area contributed by atoms with Crippen LogP contribution in [0.2, 0.25) is 0 Å². The van der Waals surface area contributed by atoms with Crippen molar-refractivity contribution in [3.63, 3.8) is 0 Å². The van der Waals surface area contributed by atoms with Crippen LogP contribution in [0, 0.1) is 11.3 Å². The fraction of sp³-hybridized carbons (Fsp3) is 0.200. The first-order valence-corrected chi connectivity index (χ1v) is 2.22. The van der Waals surface area contributed by atoms with E-state index in [-0.39, 0.29) is 0 Å². The Morgan fingerprint density at radius 3 is 2.88 bits per heavy atom. The molecule has 0 aliphatic carbocycles. The van der Waals surface area contributed by atoms with Gasteiger partial charge in [-0.15, -0.1) is 0 Å². The summed E-state index contributed by atoms with van der Waals surface area (Å²) < 4.78 is 0. The van der Waals surface area contributed by atoms with E-state index in [1.54, 1.807) is 19.3 Å². The molecule has 1 radical (unpaired) electrons. The van der Waals surface area contributed by atoms with Gasteiger partial charge in [-0.05, 0) is 0 Å². The van der Waals surface area contributed by atoms with Crippen LogP contribution in [0.1, 0.15) is 0 Å². The van der Waals surface area contributed by atoms with E-state index in [0.717, 1.165) is 0 Å². The summed E-state index contributed by atoms with van der Waals surface area (Å²) in [7, 11) is 1.73. The summed E-state index contributed by atoms with van der Waals surface area (Å²) in [5.74, 6) is 0. The zero-order valence-corrected chi connectivity index (χ0v) is 4.50. The van der Waals surface area contributed by atoms with Crippen LogP contribution in [0.15, 0.2) is 11.8 Å². The Morgan fingerprint density at radius 1 is 1.88 bits per heavy atom. The number of nitrogens with zero attached hydrogens (tertiary/aromatic N) is 3. The number of hydrogen-bond acceptors (Lipinski definition) is 3. The smallest absolute Gasteiger partial charge is 0.191 e. The molecule has 0 fully saturated rings. The normalized spacial score (nSPS) is 16.0. The van der Waals surface area contributed by atoms with Gasteiger partial charge in [0.25, 0.3) is 6.21 Å². The number of hydrogen-bond donors (Lipinski definition) is 0. The van der Waals surface area contributed by atoms with Gasteiger partial charge in [-0.3, -0.25) is 0 Å². The Balaban J connectivity index is 2.77. The first kappa shape index (κ1) is 4.85. The third-order valence-corrected chi connectivity index (χ3v) is 0.935. The average Bonchev–Trinajstić information content (AvgIpc) is 2.14. The van der Waals surface area contributed by atoms with E-state index in [1.807, 2.05) is 6.07 Å². The molecule has 0 unspecified atom stereocenters. The minimum Gasteiger partial charge on any atom is -0.191 e. The first-order valence-electron chi connectivity index (χ1n) is 2.22. The number of rotatable bonds is 0. The van der Waals surface area contributed by atoms with Crippen LogP contribution in [-0.4, -0.2) is 18.3 Å². The molecular formula is C5H5N3+. The van der Waals surface area contributed by atoms with Crippen molar-refractivity contribution in [1.29, 1.82) is 5.26 Å². The second kappa shape index (κ2) is 1.66. The number of allylic oxidation sites excluding steroid dienone is 2. The van der Waals surface area contributed by atoms with Gasteiger partial charge in [-0.1, -0.05) is 5.01 Å². The van der Waals surface area contributed by atoms with Gasteiger partial charge >= 0.3 is 0 Å². The summed E-state index contributed by atoms with van der Waals surface area (Å²) in [5, 5.41) is 13.6. The van der Waals surface area contributed by atoms with Crippen molar-refractivity contribution in [2.75, 3.05) is 7.05 Å². The monoisotopic (exact) mass is 107 g/mol. The lowest BCUT2D eigenvalue weighted by atomic mass is 10.4. The van der Waals surface area contributed by atoms with Crippen molar-refractivity contribution in [2.24, 2.45) is 0 Å². The molecule has 39 valence electrons. The van der Waals surface area contributed by atoms with Crippen LogP contribution >= 0.6 is 0 Å². The van der Waals surface area contributed by atoms with Crippen LogP contribution in [0.5, 0.6) is 0 Å². The molecule has 0 aromatic rings. The highest BCUT2D eigenvalue weighted by molar-refractivity contribution is 5.74. The highest BCUT2D eigenvalue weighted by atomic mass is 15.4. The number of hydrazone groups is 1. The topological polar surface area (TPSA) is 41.1 Å². The third kappa shape index (κ3) is 0.562. The molecule has 0 spiro atoms. The largest absolute Gasteiger partial charge is 0.278 e. The fourth-order valence-electron chi connectivity index (χ4n) is 0.484. The maximum atomic E-state index is 8.30. The summed E-state index contributed by atoms with van der Waals surface area (Å²) in [6, 6.07) is 1.98. The summed E-state index contributed by atoms with van der Waals surface area (Å²) in [4.78, 5) is 0. The molecular weight excluding hydrogens is 102 g/mol. The van der Waals surface area contributed by atoms with Crippen LogP contribution in [-0.2, 0) is 0 Å². The van der Waals surface area contributed by atoms with Crippen molar-refractivity contribution in [2.45, 2.75) is 0 Å². The lowest BCUT2D eigenvalue weighted by Gasteiger charge is -1.88. The third-order valence-electron chi connectivity index (χ3n) is 0.935. The Morgan fingerprint density at radius 2 is 2.62 bits per heavy atom. The van der Waals surface area contributed by atoms with E-state index in [2.05, 4.69) is 5.10 Å². The van der Waals surface area contributed by atoms with Crippen molar-refractivity contribution in [3.8, 4) is 6.07 Å². The molecule has 0 bridgehead atoms. The van der Waals surface area contributed by atoms with Crippen molar-refractivity contribution >= 4 is 6.21 Å². The lowest BCUT2D eigenvalue weighted by Crippen LogP contribution is -2.13. The van der Waals surface area contributed by atoms with Crippen molar-refractivity contribution in [1.82, 2.24) is 10.1 Å². The van der Waals surface area contributed by atoms with Crippen LogP contribution < -0.4 is 5.10 Å². The molecule has 0 aromatic heterocycles. The molecule has 0 aromatic carbocycles. The minimum absolute atomic E-state index is 0.588. The summed E-state index contributed by atoms with van der Waals surface area (Å²) in [6.45, 7) is 0. The van der Waals surface area contributed by atoms with Gasteiger partial charge in [0, 0.05) is 0 Å². The molecule has 0 atom stereocenters. The molecule has 1 aliphatic rings. The maximum absolute atomic E-state index is 8.30. The SMILES string of the molecule is CN1[N+]=CC=C1C#N. The van der Waals surface area contributed by atoms with E-state index in [0.29, 0.717) is 5.70 Å². The summed E-state index contributed by atoms with van der Waals surface area (Å²) >= 11 is 0. The van der Waals surface area contributed by atoms with E-state index >= 15 is 0 Å². The molecule has 1 aliphatic heterocycles. The van der Waals surface area contributed by atoms with Gasteiger partial charge in [0.1, 0.15) is 6.07 Å². The van der Waals surface area contributed by atoms with Crippen LogP contribution in [0.25, 0.3) is 0 Å². The fourth-order valence-corrected chi connectivity index (χ4v) is 0.484. The highest BCUT2D eigenvalue weighted by Crippen LogP contribution is 1.96.